The van der Waals surface area contributed by atoms with Gasteiger partial charge in [0.15, 0.2) is 0 Å². The van der Waals surface area contributed by atoms with Crippen LogP contribution >= 0.6 is 0 Å². The molecule has 0 aromatic rings. The van der Waals surface area contributed by atoms with Gasteiger partial charge >= 0.3 is 0 Å². The molecule has 2 unspecified atom stereocenters. The van der Waals surface area contributed by atoms with Crippen molar-refractivity contribution in [3.8, 4) is 0 Å². The second kappa shape index (κ2) is 2.44. The minimum atomic E-state index is -0.683. The van der Waals surface area contributed by atoms with E-state index in [-0.39, 0.29) is 5.92 Å². The van der Waals surface area contributed by atoms with E-state index in [1.54, 1.807) is 6.92 Å². The lowest BCUT2D eigenvalue weighted by molar-refractivity contribution is 0.161. The number of hydrogen-bond acceptors (Lipinski definition) is 1. The fraction of sp³-hybridized carbons (Fsp3) is 1.00. The summed E-state index contributed by atoms with van der Waals surface area (Å²) in [5.41, 5.74) is 0. The Morgan fingerprint density at radius 3 is 2.75 bits per heavy atom. The van der Waals surface area contributed by atoms with Crippen molar-refractivity contribution < 1.29 is 9.13 Å². The molecule has 0 bridgehead atoms. The molecule has 2 heteroatoms. The summed E-state index contributed by atoms with van der Waals surface area (Å²) in [4.78, 5) is 0. The van der Waals surface area contributed by atoms with Gasteiger partial charge in [-0.1, -0.05) is 0 Å². The van der Waals surface area contributed by atoms with E-state index in [0.29, 0.717) is 6.61 Å². The van der Waals surface area contributed by atoms with Gasteiger partial charge in [0.2, 0.25) is 0 Å². The summed E-state index contributed by atoms with van der Waals surface area (Å²) in [5, 5.41) is 0. The molecule has 0 amide bonds. The van der Waals surface area contributed by atoms with Gasteiger partial charge in [0.1, 0.15) is 6.17 Å². The van der Waals surface area contributed by atoms with Gasteiger partial charge in [-0.05, 0) is 13.3 Å². The maximum atomic E-state index is 12.3. The van der Waals surface area contributed by atoms with Gasteiger partial charge in [-0.3, -0.25) is 0 Å². The van der Waals surface area contributed by atoms with E-state index in [4.69, 9.17) is 4.74 Å². The molecule has 1 rings (SSSR count). The van der Waals surface area contributed by atoms with Crippen LogP contribution in [0.1, 0.15) is 13.3 Å². The van der Waals surface area contributed by atoms with Crippen LogP contribution in [-0.2, 0) is 4.74 Å². The van der Waals surface area contributed by atoms with Gasteiger partial charge < -0.3 is 4.74 Å². The largest absolute Gasteiger partial charge is 0.381 e. The normalized spacial score (nSPS) is 33.0. The summed E-state index contributed by atoms with van der Waals surface area (Å²) in [5.74, 6) is 0.176. The molecule has 0 aromatic carbocycles. The lowest BCUT2D eigenvalue weighted by Gasteiger charge is -2.05. The van der Waals surface area contributed by atoms with Crippen LogP contribution in [0.25, 0.3) is 0 Å². The summed E-state index contributed by atoms with van der Waals surface area (Å²) in [6, 6.07) is 0. The third-order valence-electron chi connectivity index (χ3n) is 1.61. The molecule has 0 saturated carbocycles. The van der Waals surface area contributed by atoms with Crippen LogP contribution < -0.4 is 0 Å². The van der Waals surface area contributed by atoms with E-state index in [0.717, 1.165) is 13.0 Å². The molecule has 1 aliphatic rings. The zero-order chi connectivity index (χ0) is 5.98. The summed E-state index contributed by atoms with van der Waals surface area (Å²) in [6.07, 6.45) is 0.218. The van der Waals surface area contributed by atoms with Crippen LogP contribution in [0.15, 0.2) is 0 Å². The standard InChI is InChI=1S/C6H11FO/c1-5(7)6-2-3-8-4-6/h5-6H,2-4H2,1H3. The maximum absolute atomic E-state index is 12.3. The van der Waals surface area contributed by atoms with Crippen molar-refractivity contribution in [1.29, 1.82) is 0 Å². The molecular formula is C6H11FO. The SMILES string of the molecule is CC(F)C1CCOC1. The monoisotopic (exact) mass is 118 g/mol. The first-order valence-electron chi connectivity index (χ1n) is 3.02. The van der Waals surface area contributed by atoms with Crippen molar-refractivity contribution in [2.75, 3.05) is 13.2 Å². The van der Waals surface area contributed by atoms with Crippen molar-refractivity contribution in [2.45, 2.75) is 19.5 Å². The number of rotatable bonds is 1. The number of ether oxygens (including phenoxy) is 1. The summed E-state index contributed by atoms with van der Waals surface area (Å²) in [7, 11) is 0. The molecule has 2 atom stereocenters. The maximum Gasteiger partial charge on any atom is 0.102 e. The van der Waals surface area contributed by atoms with Crippen LogP contribution in [0.5, 0.6) is 0 Å². The summed E-state index contributed by atoms with van der Waals surface area (Å²) in [6.45, 7) is 2.97. The Kier molecular flexibility index (Phi) is 1.84. The van der Waals surface area contributed by atoms with Crippen LogP contribution in [0.4, 0.5) is 4.39 Å². The molecule has 1 heterocycles. The van der Waals surface area contributed by atoms with Crippen LogP contribution in [0, 0.1) is 5.92 Å². The highest BCUT2D eigenvalue weighted by molar-refractivity contribution is 4.68. The molecular weight excluding hydrogens is 107 g/mol. The van der Waals surface area contributed by atoms with Crippen molar-refractivity contribution in [2.24, 2.45) is 5.92 Å². The van der Waals surface area contributed by atoms with Gasteiger partial charge in [-0.15, -0.1) is 0 Å². The molecule has 0 N–H and O–H groups in total. The Morgan fingerprint density at radius 1 is 1.75 bits per heavy atom. The molecule has 1 saturated heterocycles. The van der Waals surface area contributed by atoms with E-state index in [2.05, 4.69) is 0 Å². The van der Waals surface area contributed by atoms with Gasteiger partial charge in [-0.25, -0.2) is 4.39 Å². The number of halogens is 1. The van der Waals surface area contributed by atoms with Crippen LogP contribution in [0.3, 0.4) is 0 Å². The first kappa shape index (κ1) is 6.02. The Hall–Kier alpha value is -0.110. The second-order valence-electron chi connectivity index (χ2n) is 2.30. The molecule has 0 spiro atoms. The molecule has 0 radical (unpaired) electrons. The Bertz CT molecular complexity index is 66.9. The topological polar surface area (TPSA) is 9.23 Å². The van der Waals surface area contributed by atoms with E-state index >= 15 is 0 Å². The number of alkyl halides is 1. The Labute approximate surface area is 48.8 Å². The first-order valence-corrected chi connectivity index (χ1v) is 3.02. The third-order valence-corrected chi connectivity index (χ3v) is 1.61. The molecule has 48 valence electrons. The van der Waals surface area contributed by atoms with Crippen molar-refractivity contribution in [1.82, 2.24) is 0 Å². The van der Waals surface area contributed by atoms with E-state index in [1.807, 2.05) is 0 Å². The van der Waals surface area contributed by atoms with Crippen molar-refractivity contribution >= 4 is 0 Å². The Morgan fingerprint density at radius 2 is 2.50 bits per heavy atom. The zero-order valence-corrected chi connectivity index (χ0v) is 5.06. The molecule has 1 aliphatic heterocycles. The number of hydrogen-bond donors (Lipinski definition) is 0. The third kappa shape index (κ3) is 1.19. The first-order chi connectivity index (χ1) is 3.80. The highest BCUT2D eigenvalue weighted by atomic mass is 19.1. The van der Waals surface area contributed by atoms with E-state index in [1.165, 1.54) is 0 Å². The fourth-order valence-corrected chi connectivity index (χ4v) is 0.915. The van der Waals surface area contributed by atoms with Crippen molar-refractivity contribution in [3.05, 3.63) is 0 Å². The average Bonchev–Trinajstić information content (AvgIpc) is 2.12. The van der Waals surface area contributed by atoms with Gasteiger partial charge in [0.05, 0.1) is 6.61 Å². The smallest absolute Gasteiger partial charge is 0.102 e. The average molecular weight is 118 g/mol. The molecule has 0 aliphatic carbocycles. The molecule has 0 aromatic heterocycles. The summed E-state index contributed by atoms with van der Waals surface area (Å²) < 4.78 is 17.3. The zero-order valence-electron chi connectivity index (χ0n) is 5.06. The van der Waals surface area contributed by atoms with E-state index < -0.39 is 6.17 Å². The quantitative estimate of drug-likeness (QED) is 0.505. The minimum Gasteiger partial charge on any atom is -0.381 e. The lowest BCUT2D eigenvalue weighted by atomic mass is 10.1. The van der Waals surface area contributed by atoms with Crippen LogP contribution in [0.2, 0.25) is 0 Å². The van der Waals surface area contributed by atoms with Crippen LogP contribution in [-0.4, -0.2) is 19.4 Å². The molecule has 1 nitrogen and oxygen atoms in total. The van der Waals surface area contributed by atoms with E-state index in [9.17, 15) is 4.39 Å². The highest BCUT2D eigenvalue weighted by Crippen LogP contribution is 2.17. The van der Waals surface area contributed by atoms with Crippen molar-refractivity contribution in [3.63, 3.8) is 0 Å². The van der Waals surface area contributed by atoms with Gasteiger partial charge in [0, 0.05) is 12.5 Å². The molecule has 1 fully saturated rings. The summed E-state index contributed by atoms with van der Waals surface area (Å²) >= 11 is 0. The molecule has 8 heavy (non-hydrogen) atoms. The van der Waals surface area contributed by atoms with Gasteiger partial charge in [-0.2, -0.15) is 0 Å². The predicted molar refractivity (Wildman–Crippen MR) is 29.5 cm³/mol. The lowest BCUT2D eigenvalue weighted by Crippen LogP contribution is -2.11. The Balaban J connectivity index is 2.24. The highest BCUT2D eigenvalue weighted by Gasteiger charge is 2.21. The second-order valence-corrected chi connectivity index (χ2v) is 2.30. The minimum absolute atomic E-state index is 0.176. The predicted octanol–water partition coefficient (Wildman–Crippen LogP) is 1.38. The fourth-order valence-electron chi connectivity index (χ4n) is 0.915. The van der Waals surface area contributed by atoms with Gasteiger partial charge in [0.25, 0.3) is 0 Å².